The zero-order chi connectivity index (χ0) is 20.3. The number of benzene rings is 2. The second kappa shape index (κ2) is 8.33. The van der Waals surface area contributed by atoms with E-state index >= 15 is 0 Å². The Balaban J connectivity index is 1.86. The van der Waals surface area contributed by atoms with Crippen molar-refractivity contribution in [3.05, 3.63) is 64.7 Å². The summed E-state index contributed by atoms with van der Waals surface area (Å²) in [5.74, 6) is 0.613. The molecule has 0 aliphatic heterocycles. The molecule has 2 N–H and O–H groups in total. The Kier molecular flexibility index (Phi) is 6.06. The van der Waals surface area contributed by atoms with Crippen LogP contribution in [0.2, 0.25) is 10.0 Å². The van der Waals surface area contributed by atoms with Crippen molar-refractivity contribution < 1.29 is 27.0 Å². The van der Waals surface area contributed by atoms with Crippen molar-refractivity contribution in [2.24, 2.45) is 0 Å². The molecule has 28 heavy (non-hydrogen) atoms. The lowest BCUT2D eigenvalue weighted by atomic mass is 10.1. The highest BCUT2D eigenvalue weighted by atomic mass is 35.5. The van der Waals surface area contributed by atoms with Crippen LogP contribution in [0.3, 0.4) is 0 Å². The number of halogens is 2. The summed E-state index contributed by atoms with van der Waals surface area (Å²) in [5, 5.41) is 13.6. The third-order valence-corrected chi connectivity index (χ3v) is 4.64. The van der Waals surface area contributed by atoms with Crippen molar-refractivity contribution in [1.29, 1.82) is 0 Å². The molecule has 0 radical (unpaired) electrons. The van der Waals surface area contributed by atoms with Gasteiger partial charge in [0.2, 0.25) is 0 Å². The topological polar surface area (TPSA) is 124 Å². The molecule has 1 aromatic heterocycles. The maximum absolute atomic E-state index is 11.2. The lowest BCUT2D eigenvalue weighted by Crippen LogP contribution is -2.17. The van der Waals surface area contributed by atoms with Gasteiger partial charge in [0.25, 0.3) is 0 Å². The lowest BCUT2D eigenvalue weighted by molar-refractivity contribution is 0.161. The normalized spacial score (nSPS) is 12.7. The molecule has 3 rings (SSSR count). The summed E-state index contributed by atoms with van der Waals surface area (Å²) >= 11 is 12.1. The van der Waals surface area contributed by atoms with Gasteiger partial charge in [-0.3, -0.25) is 4.55 Å². The first kappa shape index (κ1) is 20.4. The van der Waals surface area contributed by atoms with Crippen molar-refractivity contribution >= 4 is 33.6 Å². The minimum Gasteiger partial charge on any atom is -0.506 e. The summed E-state index contributed by atoms with van der Waals surface area (Å²) in [6.07, 6.45) is 1.48. The molecule has 2 aromatic carbocycles. The molecule has 1 heterocycles. The second-order valence-electron chi connectivity index (χ2n) is 5.53. The number of hydrogen-bond donors (Lipinski definition) is 2. The third kappa shape index (κ3) is 5.33. The first-order valence-electron chi connectivity index (χ1n) is 7.65. The quantitative estimate of drug-likeness (QED) is 0.528. The van der Waals surface area contributed by atoms with Crippen molar-refractivity contribution in [1.82, 2.24) is 14.8 Å². The standard InChI is InChI=1S/C16H13Cl2N3O6S/c17-13-5-10(26-11-2-4-15(22)14(18)6-11)1-3-12(13)16(27-28(23,24)25)7-21-9-19-8-20-21/h1-6,8-9,16,22H,7H2,(H,23,24,25). The molecule has 0 aliphatic rings. The summed E-state index contributed by atoms with van der Waals surface area (Å²) in [6, 6.07) is 8.78. The Bertz CT molecular complexity index is 1080. The SMILES string of the molecule is O=S(=O)(O)OC(Cn1cncn1)c1ccc(Oc2ccc(O)c(Cl)c2)cc1Cl. The number of phenolic OH excluding ortho intramolecular Hbond substituents is 1. The average molecular weight is 446 g/mol. The lowest BCUT2D eigenvalue weighted by Gasteiger charge is -2.18. The fraction of sp³-hybridized carbons (Fsp3) is 0.125. The van der Waals surface area contributed by atoms with E-state index in [0.29, 0.717) is 11.5 Å². The molecule has 0 fully saturated rings. The van der Waals surface area contributed by atoms with Gasteiger partial charge >= 0.3 is 10.4 Å². The Hall–Kier alpha value is -2.37. The first-order chi connectivity index (χ1) is 13.2. The summed E-state index contributed by atoms with van der Waals surface area (Å²) in [4.78, 5) is 3.76. The zero-order valence-corrected chi connectivity index (χ0v) is 16.3. The van der Waals surface area contributed by atoms with Crippen LogP contribution in [0, 0.1) is 0 Å². The molecule has 0 bridgehead atoms. The van der Waals surface area contributed by atoms with Gasteiger partial charge in [-0.1, -0.05) is 29.3 Å². The number of aromatic nitrogens is 3. The van der Waals surface area contributed by atoms with Crippen LogP contribution >= 0.6 is 23.2 Å². The average Bonchev–Trinajstić information content (AvgIpc) is 3.10. The van der Waals surface area contributed by atoms with E-state index in [4.69, 9.17) is 36.7 Å². The molecular formula is C16H13Cl2N3O6S. The van der Waals surface area contributed by atoms with Crippen LogP contribution < -0.4 is 4.74 Å². The molecule has 1 unspecified atom stereocenters. The van der Waals surface area contributed by atoms with Gasteiger partial charge in [-0.25, -0.2) is 13.8 Å². The number of hydrogen-bond acceptors (Lipinski definition) is 7. The molecule has 9 nitrogen and oxygen atoms in total. The van der Waals surface area contributed by atoms with E-state index in [0.717, 1.165) is 0 Å². The van der Waals surface area contributed by atoms with Crippen LogP contribution in [-0.2, 0) is 21.1 Å². The molecular weight excluding hydrogens is 433 g/mol. The number of nitrogens with zero attached hydrogens (tertiary/aromatic N) is 3. The summed E-state index contributed by atoms with van der Waals surface area (Å²) in [7, 11) is -4.75. The summed E-state index contributed by atoms with van der Waals surface area (Å²) in [5.41, 5.74) is 0.283. The van der Waals surface area contributed by atoms with E-state index in [9.17, 15) is 13.5 Å². The molecule has 0 aliphatic carbocycles. The highest BCUT2D eigenvalue weighted by molar-refractivity contribution is 7.80. The highest BCUT2D eigenvalue weighted by Gasteiger charge is 2.23. The Morgan fingerprint density at radius 3 is 2.36 bits per heavy atom. The number of rotatable bonds is 7. The number of aromatic hydroxyl groups is 1. The van der Waals surface area contributed by atoms with Crippen LogP contribution in [0.1, 0.15) is 11.7 Å². The van der Waals surface area contributed by atoms with E-state index in [-0.39, 0.29) is 27.9 Å². The molecule has 0 saturated heterocycles. The first-order valence-corrected chi connectivity index (χ1v) is 9.77. The van der Waals surface area contributed by atoms with Gasteiger partial charge in [0.05, 0.1) is 16.6 Å². The van der Waals surface area contributed by atoms with Crippen LogP contribution in [0.25, 0.3) is 0 Å². The molecule has 0 saturated carbocycles. The largest absolute Gasteiger partial charge is 0.506 e. The van der Waals surface area contributed by atoms with Crippen LogP contribution in [0.5, 0.6) is 17.2 Å². The smallest absolute Gasteiger partial charge is 0.398 e. The Labute approximate surface area is 170 Å². The molecule has 12 heteroatoms. The Morgan fingerprint density at radius 2 is 1.79 bits per heavy atom. The van der Waals surface area contributed by atoms with Gasteiger partial charge in [-0.15, -0.1) is 0 Å². The van der Waals surface area contributed by atoms with Crippen molar-refractivity contribution in [2.45, 2.75) is 12.6 Å². The van der Waals surface area contributed by atoms with Crippen LogP contribution in [-0.4, -0.2) is 32.8 Å². The number of ether oxygens (including phenoxy) is 1. The minimum atomic E-state index is -4.75. The zero-order valence-electron chi connectivity index (χ0n) is 13.9. The second-order valence-corrected chi connectivity index (χ2v) is 7.39. The van der Waals surface area contributed by atoms with E-state index in [1.54, 1.807) is 0 Å². The molecule has 0 amide bonds. The van der Waals surface area contributed by atoms with E-state index < -0.39 is 16.5 Å². The third-order valence-electron chi connectivity index (χ3n) is 3.53. The molecule has 0 spiro atoms. The van der Waals surface area contributed by atoms with E-state index in [1.165, 1.54) is 53.7 Å². The van der Waals surface area contributed by atoms with Gasteiger partial charge in [0, 0.05) is 11.6 Å². The van der Waals surface area contributed by atoms with Crippen molar-refractivity contribution in [2.75, 3.05) is 0 Å². The predicted molar refractivity (Wildman–Crippen MR) is 100 cm³/mol. The van der Waals surface area contributed by atoms with Crippen LogP contribution in [0.4, 0.5) is 0 Å². The minimum absolute atomic E-state index is 0.0622. The summed E-state index contributed by atoms with van der Waals surface area (Å²) in [6.45, 7) is -0.0622. The predicted octanol–water partition coefficient (Wildman–Crippen LogP) is 3.64. The van der Waals surface area contributed by atoms with Gasteiger partial charge in [-0.2, -0.15) is 13.5 Å². The number of phenols is 1. The molecule has 148 valence electrons. The van der Waals surface area contributed by atoms with Gasteiger partial charge in [0.1, 0.15) is 36.0 Å². The highest BCUT2D eigenvalue weighted by Crippen LogP contribution is 2.34. The van der Waals surface area contributed by atoms with Crippen molar-refractivity contribution in [3.63, 3.8) is 0 Å². The maximum Gasteiger partial charge on any atom is 0.398 e. The van der Waals surface area contributed by atoms with E-state index in [1.807, 2.05) is 0 Å². The summed E-state index contributed by atoms with van der Waals surface area (Å²) < 4.78 is 43.2. The molecule has 3 aromatic rings. The fourth-order valence-electron chi connectivity index (χ4n) is 2.34. The Morgan fingerprint density at radius 1 is 1.11 bits per heavy atom. The van der Waals surface area contributed by atoms with Crippen LogP contribution in [0.15, 0.2) is 49.1 Å². The monoisotopic (exact) mass is 445 g/mol. The van der Waals surface area contributed by atoms with Gasteiger partial charge in [-0.05, 0) is 24.3 Å². The molecule has 1 atom stereocenters. The van der Waals surface area contributed by atoms with E-state index in [2.05, 4.69) is 10.1 Å². The van der Waals surface area contributed by atoms with Gasteiger partial charge < -0.3 is 9.84 Å². The van der Waals surface area contributed by atoms with Gasteiger partial charge in [0.15, 0.2) is 0 Å². The van der Waals surface area contributed by atoms with Crippen molar-refractivity contribution in [3.8, 4) is 17.2 Å². The fourth-order valence-corrected chi connectivity index (χ4v) is 3.26. The maximum atomic E-state index is 11.2.